The highest BCUT2D eigenvalue weighted by molar-refractivity contribution is 9.10. The number of nitrogens with one attached hydrogen (secondary N) is 1. The highest BCUT2D eigenvalue weighted by Crippen LogP contribution is 2.27. The number of nitrogens with zero attached hydrogens (tertiary/aromatic N) is 3. The molecular formula is C25H19BrN4O3. The van der Waals surface area contributed by atoms with Crippen LogP contribution < -0.4 is 5.43 Å². The van der Waals surface area contributed by atoms with Gasteiger partial charge in [-0.2, -0.15) is 5.10 Å². The van der Waals surface area contributed by atoms with Crippen LogP contribution in [0.15, 0.2) is 82.4 Å². The lowest BCUT2D eigenvalue weighted by atomic mass is 10.0. The van der Waals surface area contributed by atoms with Crippen molar-refractivity contribution >= 4 is 44.1 Å². The topological polar surface area (TPSA) is 97.5 Å². The van der Waals surface area contributed by atoms with Crippen LogP contribution in [-0.2, 0) is 0 Å². The zero-order valence-corrected chi connectivity index (χ0v) is 19.5. The third-order valence-electron chi connectivity index (χ3n) is 5.17. The number of rotatable bonds is 5. The number of amides is 1. The summed E-state index contributed by atoms with van der Waals surface area (Å²) in [6.45, 7) is 3.68. The number of hydrazone groups is 1. The van der Waals surface area contributed by atoms with Gasteiger partial charge in [0, 0.05) is 27.6 Å². The van der Waals surface area contributed by atoms with E-state index in [4.69, 9.17) is 4.98 Å². The van der Waals surface area contributed by atoms with E-state index in [1.54, 1.807) is 25.1 Å². The molecule has 0 spiro atoms. The number of aryl methyl sites for hydroxylation is 1. The van der Waals surface area contributed by atoms with E-state index in [2.05, 4.69) is 26.5 Å². The summed E-state index contributed by atoms with van der Waals surface area (Å²) in [5.74, 6) is -0.368. The number of carbonyl (C=O) groups is 1. The summed E-state index contributed by atoms with van der Waals surface area (Å²) in [5.41, 5.74) is 7.57. The molecule has 0 saturated carbocycles. The van der Waals surface area contributed by atoms with Crippen molar-refractivity contribution in [1.82, 2.24) is 10.4 Å². The van der Waals surface area contributed by atoms with Crippen LogP contribution in [0.1, 0.15) is 28.4 Å². The maximum Gasteiger partial charge on any atom is 0.272 e. The molecule has 1 amide bonds. The van der Waals surface area contributed by atoms with Crippen molar-refractivity contribution in [2.45, 2.75) is 13.8 Å². The lowest BCUT2D eigenvalue weighted by Crippen LogP contribution is -2.20. The summed E-state index contributed by atoms with van der Waals surface area (Å²) >= 11 is 3.44. The number of carbonyl (C=O) groups excluding carboxylic acids is 1. The third-order valence-corrected chi connectivity index (χ3v) is 5.70. The zero-order chi connectivity index (χ0) is 23.5. The van der Waals surface area contributed by atoms with Crippen molar-refractivity contribution in [2.24, 2.45) is 5.10 Å². The monoisotopic (exact) mass is 502 g/mol. The highest BCUT2D eigenvalue weighted by atomic mass is 79.9. The van der Waals surface area contributed by atoms with Crippen molar-refractivity contribution in [1.29, 1.82) is 0 Å². The summed E-state index contributed by atoms with van der Waals surface area (Å²) in [6.07, 6.45) is 0. The Morgan fingerprint density at radius 3 is 2.39 bits per heavy atom. The van der Waals surface area contributed by atoms with Gasteiger partial charge in [-0.25, -0.2) is 10.4 Å². The average molecular weight is 503 g/mol. The fraction of sp³-hybridized carbons (Fsp3) is 0.0800. The van der Waals surface area contributed by atoms with E-state index >= 15 is 0 Å². The number of halogens is 1. The molecule has 0 bridgehead atoms. The van der Waals surface area contributed by atoms with E-state index in [1.165, 1.54) is 12.1 Å². The van der Waals surface area contributed by atoms with E-state index in [0.29, 0.717) is 28.0 Å². The Hall–Kier alpha value is -3.91. The molecule has 3 aromatic carbocycles. The molecule has 1 N–H and O–H groups in total. The van der Waals surface area contributed by atoms with Crippen LogP contribution in [0.25, 0.3) is 22.2 Å². The van der Waals surface area contributed by atoms with Crippen LogP contribution in [0.5, 0.6) is 0 Å². The predicted molar refractivity (Wildman–Crippen MR) is 132 cm³/mol. The third kappa shape index (κ3) is 4.96. The fourth-order valence-electron chi connectivity index (χ4n) is 3.38. The minimum Gasteiger partial charge on any atom is -0.267 e. The summed E-state index contributed by atoms with van der Waals surface area (Å²) in [7, 11) is 0. The second-order valence-corrected chi connectivity index (χ2v) is 8.44. The van der Waals surface area contributed by atoms with E-state index in [9.17, 15) is 14.9 Å². The number of fused-ring (bicyclic) bond motifs is 1. The molecule has 8 heteroatoms. The normalized spacial score (nSPS) is 11.4. The second-order valence-electron chi connectivity index (χ2n) is 7.52. The molecule has 1 aromatic heterocycles. The summed E-state index contributed by atoms with van der Waals surface area (Å²) < 4.78 is 0.955. The molecule has 0 atom stereocenters. The van der Waals surface area contributed by atoms with Gasteiger partial charge in [0.25, 0.3) is 11.6 Å². The van der Waals surface area contributed by atoms with Crippen molar-refractivity contribution in [3.05, 3.63) is 104 Å². The molecule has 0 unspecified atom stereocenters. The number of hydrogen-bond acceptors (Lipinski definition) is 5. The van der Waals surface area contributed by atoms with Gasteiger partial charge in [0.1, 0.15) is 0 Å². The zero-order valence-electron chi connectivity index (χ0n) is 17.9. The van der Waals surface area contributed by atoms with Gasteiger partial charge in [-0.1, -0.05) is 39.7 Å². The number of non-ortho nitro benzene ring substituents is 1. The molecule has 0 aliphatic rings. The van der Waals surface area contributed by atoms with Crippen LogP contribution in [0.2, 0.25) is 0 Å². The molecule has 33 heavy (non-hydrogen) atoms. The number of benzene rings is 3. The van der Waals surface area contributed by atoms with E-state index < -0.39 is 4.92 Å². The van der Waals surface area contributed by atoms with E-state index in [-0.39, 0.29) is 11.6 Å². The second kappa shape index (κ2) is 9.30. The maximum atomic E-state index is 13.1. The predicted octanol–water partition coefficient (Wildman–Crippen LogP) is 6.03. The van der Waals surface area contributed by atoms with Crippen LogP contribution in [-0.4, -0.2) is 21.5 Å². The first-order chi connectivity index (χ1) is 15.8. The molecule has 7 nitrogen and oxygen atoms in total. The first-order valence-electron chi connectivity index (χ1n) is 10.1. The smallest absolute Gasteiger partial charge is 0.267 e. The Kier molecular flexibility index (Phi) is 6.28. The molecule has 164 valence electrons. The molecule has 0 saturated heterocycles. The number of nitro groups is 1. The van der Waals surface area contributed by atoms with Gasteiger partial charge in [-0.15, -0.1) is 0 Å². The first kappa shape index (κ1) is 22.3. The Bertz CT molecular complexity index is 1400. The lowest BCUT2D eigenvalue weighted by molar-refractivity contribution is -0.384. The Balaban J connectivity index is 1.69. The molecule has 0 aliphatic carbocycles. The first-order valence-corrected chi connectivity index (χ1v) is 10.9. The lowest BCUT2D eigenvalue weighted by Gasteiger charge is -2.10. The standard InChI is InChI=1S/C25H19BrN4O3/c1-15-3-12-23-21(13-15)22(14-24(27-23)18-4-8-19(26)9-5-18)25(31)29-28-16(2)17-6-10-20(11-7-17)30(32)33/h3-14H,1-2H3,(H,29,31). The SMILES string of the molecule is CC(=NNC(=O)c1cc(-c2ccc(Br)cc2)nc2ccc(C)cc12)c1ccc([N+](=O)[O-])cc1. The van der Waals surface area contributed by atoms with Gasteiger partial charge in [-0.05, 0) is 61.9 Å². The number of pyridine rings is 1. The van der Waals surface area contributed by atoms with E-state index in [0.717, 1.165) is 21.0 Å². The summed E-state index contributed by atoms with van der Waals surface area (Å²) in [4.78, 5) is 28.3. The van der Waals surface area contributed by atoms with Gasteiger partial charge in [-0.3, -0.25) is 14.9 Å². The van der Waals surface area contributed by atoms with Crippen molar-refractivity contribution in [3.8, 4) is 11.3 Å². The Morgan fingerprint density at radius 2 is 1.73 bits per heavy atom. The fourth-order valence-corrected chi connectivity index (χ4v) is 3.64. The summed E-state index contributed by atoms with van der Waals surface area (Å²) in [5, 5.41) is 15.8. The minimum atomic E-state index is -0.461. The van der Waals surface area contributed by atoms with Crippen molar-refractivity contribution in [3.63, 3.8) is 0 Å². The van der Waals surface area contributed by atoms with Gasteiger partial charge in [0.15, 0.2) is 0 Å². The Morgan fingerprint density at radius 1 is 1.03 bits per heavy atom. The molecule has 0 fully saturated rings. The molecule has 1 heterocycles. The van der Waals surface area contributed by atoms with Crippen LogP contribution in [0.4, 0.5) is 5.69 Å². The number of nitro benzene ring substituents is 1. The maximum absolute atomic E-state index is 13.1. The largest absolute Gasteiger partial charge is 0.272 e. The molecule has 4 rings (SSSR count). The van der Waals surface area contributed by atoms with E-state index in [1.807, 2.05) is 49.4 Å². The quantitative estimate of drug-likeness (QED) is 0.204. The molecular weight excluding hydrogens is 484 g/mol. The van der Waals surface area contributed by atoms with Gasteiger partial charge in [0.2, 0.25) is 0 Å². The molecule has 0 aliphatic heterocycles. The van der Waals surface area contributed by atoms with Gasteiger partial charge < -0.3 is 0 Å². The summed E-state index contributed by atoms with van der Waals surface area (Å²) in [6, 6.07) is 21.3. The number of aromatic nitrogens is 1. The average Bonchev–Trinajstić information content (AvgIpc) is 2.82. The van der Waals surface area contributed by atoms with Crippen molar-refractivity contribution < 1.29 is 9.72 Å². The number of hydrogen-bond donors (Lipinski definition) is 1. The highest BCUT2D eigenvalue weighted by Gasteiger charge is 2.15. The van der Waals surface area contributed by atoms with Crippen LogP contribution in [0.3, 0.4) is 0 Å². The minimum absolute atomic E-state index is 0.00492. The van der Waals surface area contributed by atoms with Crippen molar-refractivity contribution in [2.75, 3.05) is 0 Å². The Labute approximate surface area is 198 Å². The molecule has 0 radical (unpaired) electrons. The van der Waals surface area contributed by atoms with Crippen LogP contribution in [0, 0.1) is 17.0 Å². The van der Waals surface area contributed by atoms with Gasteiger partial charge >= 0.3 is 0 Å². The molecule has 4 aromatic rings. The van der Waals surface area contributed by atoms with Gasteiger partial charge in [0.05, 0.1) is 27.4 Å². The van der Waals surface area contributed by atoms with Crippen LogP contribution >= 0.6 is 15.9 Å².